The second-order valence-electron chi connectivity index (χ2n) is 9.98. The summed E-state index contributed by atoms with van der Waals surface area (Å²) >= 11 is 0. The first kappa shape index (κ1) is 24.5. The fraction of sp³-hybridized carbons (Fsp3) is 0.387. The molecule has 0 spiro atoms. The number of ether oxygens (including phenoxy) is 1. The predicted octanol–water partition coefficient (Wildman–Crippen LogP) is 4.81. The van der Waals surface area contributed by atoms with Gasteiger partial charge in [0.05, 0.1) is 6.04 Å². The van der Waals surface area contributed by atoms with Gasteiger partial charge >= 0.3 is 0 Å². The number of nitrogens with one attached hydrogen (secondary N) is 1. The second kappa shape index (κ2) is 11.7. The number of fused-ring (bicyclic) bond motifs is 1. The van der Waals surface area contributed by atoms with E-state index in [0.29, 0.717) is 6.54 Å². The third kappa shape index (κ3) is 5.97. The number of nitrogens with zero attached hydrogens (tertiary/aromatic N) is 2. The van der Waals surface area contributed by atoms with Gasteiger partial charge in [-0.15, -0.1) is 0 Å². The first-order valence-corrected chi connectivity index (χ1v) is 13.3. The molecule has 1 saturated heterocycles. The molecule has 2 unspecified atom stereocenters. The van der Waals surface area contributed by atoms with E-state index in [-0.39, 0.29) is 11.9 Å². The first-order valence-electron chi connectivity index (χ1n) is 13.3. The Morgan fingerprint density at radius 1 is 0.972 bits per heavy atom. The van der Waals surface area contributed by atoms with Crippen LogP contribution in [-0.2, 0) is 17.8 Å². The molecule has 1 fully saturated rings. The van der Waals surface area contributed by atoms with Gasteiger partial charge in [0.1, 0.15) is 5.75 Å². The van der Waals surface area contributed by atoms with Crippen molar-refractivity contribution in [3.05, 3.63) is 101 Å². The average molecular weight is 484 g/mol. The summed E-state index contributed by atoms with van der Waals surface area (Å²) in [5.74, 6) is 0.690. The summed E-state index contributed by atoms with van der Waals surface area (Å²) in [5.41, 5.74) is 5.21. The number of hydrogen-bond acceptors (Lipinski definition) is 4. The third-order valence-electron chi connectivity index (χ3n) is 7.40. The van der Waals surface area contributed by atoms with E-state index in [0.717, 1.165) is 44.9 Å². The molecule has 188 valence electrons. The van der Waals surface area contributed by atoms with Crippen LogP contribution in [0.25, 0.3) is 0 Å². The molecule has 0 saturated carbocycles. The van der Waals surface area contributed by atoms with Crippen molar-refractivity contribution in [1.82, 2.24) is 15.1 Å². The Balaban J connectivity index is 1.31. The van der Waals surface area contributed by atoms with Crippen LogP contribution in [0.3, 0.4) is 0 Å². The van der Waals surface area contributed by atoms with Crippen LogP contribution in [0.4, 0.5) is 0 Å². The molecule has 2 atom stereocenters. The summed E-state index contributed by atoms with van der Waals surface area (Å²) in [6, 6.07) is 27.9. The van der Waals surface area contributed by atoms with Gasteiger partial charge in [0.25, 0.3) is 5.91 Å². The molecule has 3 aromatic rings. The van der Waals surface area contributed by atoms with Crippen molar-refractivity contribution < 1.29 is 9.53 Å². The second-order valence-corrected chi connectivity index (χ2v) is 9.98. The summed E-state index contributed by atoms with van der Waals surface area (Å²) in [4.78, 5) is 17.6. The zero-order valence-electron chi connectivity index (χ0n) is 21.2. The SMILES string of the molecule is CC(Oc1ccc2c(c1)C(c1ccccc1)N(Cc1ccccc1)CC2)C(=O)NCCN1CCCC1. The number of benzene rings is 3. The van der Waals surface area contributed by atoms with Crippen molar-refractivity contribution >= 4 is 5.91 Å². The van der Waals surface area contributed by atoms with Crippen molar-refractivity contribution in [3.8, 4) is 5.75 Å². The van der Waals surface area contributed by atoms with Crippen LogP contribution in [0.15, 0.2) is 78.9 Å². The van der Waals surface area contributed by atoms with Gasteiger partial charge in [-0.1, -0.05) is 66.7 Å². The Labute approximate surface area is 215 Å². The van der Waals surface area contributed by atoms with Crippen molar-refractivity contribution in [3.63, 3.8) is 0 Å². The number of hydrogen-bond donors (Lipinski definition) is 1. The Bertz CT molecular complexity index is 1130. The largest absolute Gasteiger partial charge is 0.481 e. The Hall–Kier alpha value is -3.15. The Morgan fingerprint density at radius 3 is 2.44 bits per heavy atom. The van der Waals surface area contributed by atoms with Crippen molar-refractivity contribution in [1.29, 1.82) is 0 Å². The molecular formula is C31H37N3O2. The molecule has 1 amide bonds. The molecule has 0 aliphatic carbocycles. The summed E-state index contributed by atoms with van der Waals surface area (Å²) in [5, 5.41) is 3.05. The van der Waals surface area contributed by atoms with Crippen LogP contribution >= 0.6 is 0 Å². The summed E-state index contributed by atoms with van der Waals surface area (Å²) in [7, 11) is 0. The van der Waals surface area contributed by atoms with Crippen molar-refractivity contribution in [2.24, 2.45) is 0 Å². The lowest BCUT2D eigenvalue weighted by Gasteiger charge is -2.38. The van der Waals surface area contributed by atoms with Gasteiger partial charge in [-0.05, 0) is 73.7 Å². The maximum absolute atomic E-state index is 12.7. The van der Waals surface area contributed by atoms with Crippen LogP contribution in [0.5, 0.6) is 5.75 Å². The standard InChI is InChI=1S/C31H37N3O2/c1-24(31(35)32-17-21-33-18-8-9-19-33)36-28-15-14-26-16-20-34(23-25-10-4-2-5-11-25)30(29(26)22-28)27-12-6-3-7-13-27/h2-7,10-15,22,24,30H,8-9,16-21,23H2,1H3,(H,32,35). The zero-order valence-corrected chi connectivity index (χ0v) is 21.2. The Morgan fingerprint density at radius 2 is 1.69 bits per heavy atom. The van der Waals surface area contributed by atoms with E-state index < -0.39 is 6.10 Å². The molecule has 2 heterocycles. The van der Waals surface area contributed by atoms with Gasteiger partial charge < -0.3 is 15.0 Å². The lowest BCUT2D eigenvalue weighted by atomic mass is 9.87. The lowest BCUT2D eigenvalue weighted by Crippen LogP contribution is -2.40. The molecule has 0 aromatic heterocycles. The summed E-state index contributed by atoms with van der Waals surface area (Å²) < 4.78 is 6.16. The van der Waals surface area contributed by atoms with E-state index in [1.165, 1.54) is 35.1 Å². The van der Waals surface area contributed by atoms with Gasteiger partial charge in [0.15, 0.2) is 6.10 Å². The minimum absolute atomic E-state index is 0.0581. The maximum atomic E-state index is 12.7. The first-order chi connectivity index (χ1) is 17.7. The smallest absolute Gasteiger partial charge is 0.260 e. The highest BCUT2D eigenvalue weighted by atomic mass is 16.5. The van der Waals surface area contributed by atoms with Gasteiger partial charge in [0, 0.05) is 26.2 Å². The number of carbonyl (C=O) groups excluding carboxylic acids is 1. The number of rotatable bonds is 9. The molecular weight excluding hydrogens is 446 g/mol. The van der Waals surface area contributed by atoms with E-state index in [1.54, 1.807) is 0 Å². The van der Waals surface area contributed by atoms with Crippen LogP contribution in [-0.4, -0.2) is 54.5 Å². The third-order valence-corrected chi connectivity index (χ3v) is 7.40. The van der Waals surface area contributed by atoms with E-state index in [9.17, 15) is 4.79 Å². The maximum Gasteiger partial charge on any atom is 0.260 e. The summed E-state index contributed by atoms with van der Waals surface area (Å²) in [6.07, 6.45) is 2.98. The van der Waals surface area contributed by atoms with Gasteiger partial charge in [-0.2, -0.15) is 0 Å². The van der Waals surface area contributed by atoms with Gasteiger partial charge in [0.2, 0.25) is 0 Å². The van der Waals surface area contributed by atoms with E-state index >= 15 is 0 Å². The fourth-order valence-corrected chi connectivity index (χ4v) is 5.48. The number of carbonyl (C=O) groups is 1. The highest BCUT2D eigenvalue weighted by Gasteiger charge is 2.29. The average Bonchev–Trinajstić information content (AvgIpc) is 3.43. The molecule has 0 radical (unpaired) electrons. The minimum atomic E-state index is -0.541. The van der Waals surface area contributed by atoms with Crippen LogP contribution in [0, 0.1) is 0 Å². The van der Waals surface area contributed by atoms with E-state index in [4.69, 9.17) is 4.74 Å². The van der Waals surface area contributed by atoms with E-state index in [2.05, 4.69) is 87.9 Å². The highest BCUT2D eigenvalue weighted by molar-refractivity contribution is 5.80. The molecule has 5 nitrogen and oxygen atoms in total. The molecule has 0 bridgehead atoms. The molecule has 3 aromatic carbocycles. The molecule has 1 N–H and O–H groups in total. The number of amides is 1. The monoisotopic (exact) mass is 483 g/mol. The van der Waals surface area contributed by atoms with Gasteiger partial charge in [-0.25, -0.2) is 0 Å². The zero-order chi connectivity index (χ0) is 24.7. The molecule has 36 heavy (non-hydrogen) atoms. The molecule has 5 rings (SSSR count). The topological polar surface area (TPSA) is 44.8 Å². The minimum Gasteiger partial charge on any atom is -0.481 e. The van der Waals surface area contributed by atoms with E-state index in [1.807, 2.05) is 13.0 Å². The van der Waals surface area contributed by atoms with Crippen LogP contribution in [0.1, 0.15) is 48.1 Å². The molecule has 5 heteroatoms. The van der Waals surface area contributed by atoms with Crippen molar-refractivity contribution in [2.45, 2.75) is 44.9 Å². The van der Waals surface area contributed by atoms with Gasteiger partial charge in [-0.3, -0.25) is 9.69 Å². The summed E-state index contributed by atoms with van der Waals surface area (Å²) in [6.45, 7) is 7.58. The normalized spacial score (nSPS) is 19.0. The Kier molecular flexibility index (Phi) is 7.99. The predicted molar refractivity (Wildman–Crippen MR) is 144 cm³/mol. The fourth-order valence-electron chi connectivity index (χ4n) is 5.48. The van der Waals surface area contributed by atoms with Crippen LogP contribution < -0.4 is 10.1 Å². The lowest BCUT2D eigenvalue weighted by molar-refractivity contribution is -0.127. The highest BCUT2D eigenvalue weighted by Crippen LogP contribution is 2.38. The molecule has 2 aliphatic heterocycles. The quantitative estimate of drug-likeness (QED) is 0.474. The van der Waals surface area contributed by atoms with Crippen molar-refractivity contribution in [2.75, 3.05) is 32.7 Å². The van der Waals surface area contributed by atoms with Crippen LogP contribution in [0.2, 0.25) is 0 Å². The molecule has 2 aliphatic rings. The number of likely N-dealkylation sites (tertiary alicyclic amines) is 1.